The van der Waals surface area contributed by atoms with Gasteiger partial charge in [0.05, 0.1) is 0 Å². The number of ether oxygens (including phenoxy) is 2. The molecule has 0 spiro atoms. The van der Waals surface area contributed by atoms with Crippen LogP contribution in [0.1, 0.15) is 5.56 Å². The van der Waals surface area contributed by atoms with Gasteiger partial charge in [0.15, 0.2) is 6.61 Å². The van der Waals surface area contributed by atoms with E-state index in [0.717, 1.165) is 27.5 Å². The molecule has 0 unspecified atom stereocenters. The van der Waals surface area contributed by atoms with Gasteiger partial charge in [-0.05, 0) is 55.0 Å². The van der Waals surface area contributed by atoms with Crippen LogP contribution in [0.15, 0.2) is 65.1 Å². The summed E-state index contributed by atoms with van der Waals surface area (Å²) in [6.45, 7) is 1.68. The normalized spacial score (nSPS) is 11.0. The summed E-state index contributed by atoms with van der Waals surface area (Å²) in [4.78, 5) is 12.1. The molecule has 0 saturated heterocycles. The van der Waals surface area contributed by atoms with E-state index in [4.69, 9.17) is 25.5 Å². The Morgan fingerprint density at radius 1 is 0.962 bits per heavy atom. The maximum Gasteiger partial charge on any atom is 0.349 e. The highest BCUT2D eigenvalue weighted by Gasteiger charge is 2.11. The zero-order valence-electron chi connectivity index (χ0n) is 14.0. The SMILES string of the molecule is Cc1cc(OCC(=O)Oc2ccc3oc4ccccc4c3c2)ccc1Cl. The average molecular weight is 367 g/mol. The predicted octanol–water partition coefficient (Wildman–Crippen LogP) is 5.53. The summed E-state index contributed by atoms with van der Waals surface area (Å²) in [6.07, 6.45) is 0. The molecule has 0 radical (unpaired) electrons. The Kier molecular flexibility index (Phi) is 4.27. The molecule has 0 atom stereocenters. The van der Waals surface area contributed by atoms with Gasteiger partial charge in [-0.25, -0.2) is 4.79 Å². The molecule has 0 bridgehead atoms. The standard InChI is InChI=1S/C21H15ClO4/c1-13-10-14(6-8-18(13)22)24-12-21(23)25-15-7-9-20-17(11-15)16-4-2-3-5-19(16)26-20/h2-11H,12H2,1H3. The molecule has 4 rings (SSSR count). The lowest BCUT2D eigenvalue weighted by Crippen LogP contribution is -2.17. The van der Waals surface area contributed by atoms with Crippen LogP contribution in [0, 0.1) is 6.92 Å². The first-order valence-electron chi connectivity index (χ1n) is 8.11. The molecule has 0 N–H and O–H groups in total. The largest absolute Gasteiger partial charge is 0.482 e. The van der Waals surface area contributed by atoms with E-state index in [1.54, 1.807) is 36.4 Å². The van der Waals surface area contributed by atoms with E-state index in [1.165, 1.54) is 0 Å². The van der Waals surface area contributed by atoms with Gasteiger partial charge in [-0.2, -0.15) is 0 Å². The summed E-state index contributed by atoms with van der Waals surface area (Å²) in [6, 6.07) is 18.3. The lowest BCUT2D eigenvalue weighted by molar-refractivity contribution is -0.136. The van der Waals surface area contributed by atoms with Crippen molar-refractivity contribution in [3.63, 3.8) is 0 Å². The van der Waals surface area contributed by atoms with Crippen LogP contribution >= 0.6 is 11.6 Å². The Bertz CT molecular complexity index is 1110. The second-order valence-electron chi connectivity index (χ2n) is 5.93. The molecule has 5 heteroatoms. The molecule has 0 saturated carbocycles. The topological polar surface area (TPSA) is 48.7 Å². The summed E-state index contributed by atoms with van der Waals surface area (Å²) >= 11 is 5.98. The van der Waals surface area contributed by atoms with Crippen molar-refractivity contribution in [2.75, 3.05) is 6.61 Å². The second-order valence-corrected chi connectivity index (χ2v) is 6.34. The molecule has 4 nitrogen and oxygen atoms in total. The third kappa shape index (κ3) is 3.24. The summed E-state index contributed by atoms with van der Waals surface area (Å²) in [5.74, 6) is 0.537. The van der Waals surface area contributed by atoms with Crippen LogP contribution in [-0.4, -0.2) is 12.6 Å². The number of carbonyl (C=O) groups is 1. The van der Waals surface area contributed by atoms with Crippen molar-refractivity contribution in [3.8, 4) is 11.5 Å². The number of rotatable bonds is 4. The number of hydrogen-bond donors (Lipinski definition) is 0. The molecule has 0 aliphatic carbocycles. The van der Waals surface area contributed by atoms with Gasteiger partial charge in [0.2, 0.25) is 0 Å². The van der Waals surface area contributed by atoms with Crippen LogP contribution in [0.2, 0.25) is 5.02 Å². The molecule has 130 valence electrons. The van der Waals surface area contributed by atoms with E-state index in [-0.39, 0.29) is 6.61 Å². The van der Waals surface area contributed by atoms with Crippen molar-refractivity contribution < 1.29 is 18.7 Å². The van der Waals surface area contributed by atoms with Crippen molar-refractivity contribution >= 4 is 39.5 Å². The molecular weight excluding hydrogens is 352 g/mol. The minimum atomic E-state index is -0.482. The van der Waals surface area contributed by atoms with E-state index in [1.807, 2.05) is 31.2 Å². The quantitative estimate of drug-likeness (QED) is 0.352. The summed E-state index contributed by atoms with van der Waals surface area (Å²) < 4.78 is 16.6. The van der Waals surface area contributed by atoms with Gasteiger partial charge in [0.1, 0.15) is 22.7 Å². The van der Waals surface area contributed by atoms with Crippen LogP contribution in [0.25, 0.3) is 21.9 Å². The first-order valence-corrected chi connectivity index (χ1v) is 8.49. The van der Waals surface area contributed by atoms with Gasteiger partial charge in [0, 0.05) is 15.8 Å². The minimum Gasteiger partial charge on any atom is -0.482 e. The minimum absolute atomic E-state index is 0.189. The van der Waals surface area contributed by atoms with Crippen molar-refractivity contribution in [1.29, 1.82) is 0 Å². The maximum atomic E-state index is 12.1. The molecule has 1 aromatic heterocycles. The summed E-state index contributed by atoms with van der Waals surface area (Å²) in [5, 5.41) is 2.54. The van der Waals surface area contributed by atoms with Crippen molar-refractivity contribution in [1.82, 2.24) is 0 Å². The van der Waals surface area contributed by atoms with Gasteiger partial charge in [0.25, 0.3) is 0 Å². The monoisotopic (exact) mass is 366 g/mol. The lowest BCUT2D eigenvalue weighted by Gasteiger charge is -2.08. The Morgan fingerprint density at radius 3 is 2.58 bits per heavy atom. The first kappa shape index (κ1) is 16.5. The second kappa shape index (κ2) is 6.73. The molecule has 0 aliphatic rings. The molecule has 0 fully saturated rings. The van der Waals surface area contributed by atoms with Crippen LogP contribution in [0.5, 0.6) is 11.5 Å². The number of aryl methyl sites for hydroxylation is 1. The fraction of sp³-hybridized carbons (Fsp3) is 0.0952. The Balaban J connectivity index is 1.48. The summed E-state index contributed by atoms with van der Waals surface area (Å²) in [5.41, 5.74) is 2.43. The Morgan fingerprint density at radius 2 is 1.73 bits per heavy atom. The molecule has 1 heterocycles. The number of para-hydroxylation sites is 1. The molecule has 4 aromatic rings. The molecule has 26 heavy (non-hydrogen) atoms. The smallest absolute Gasteiger partial charge is 0.349 e. The Hall–Kier alpha value is -2.98. The van der Waals surface area contributed by atoms with E-state index in [9.17, 15) is 4.79 Å². The first-order chi connectivity index (χ1) is 12.6. The summed E-state index contributed by atoms with van der Waals surface area (Å²) in [7, 11) is 0. The van der Waals surface area contributed by atoms with Crippen LogP contribution in [0.3, 0.4) is 0 Å². The lowest BCUT2D eigenvalue weighted by atomic mass is 10.1. The number of halogens is 1. The number of fused-ring (bicyclic) bond motifs is 3. The van der Waals surface area contributed by atoms with Crippen LogP contribution in [0.4, 0.5) is 0 Å². The molecule has 0 aliphatic heterocycles. The van der Waals surface area contributed by atoms with E-state index in [2.05, 4.69) is 0 Å². The fourth-order valence-electron chi connectivity index (χ4n) is 2.78. The zero-order chi connectivity index (χ0) is 18.1. The fourth-order valence-corrected chi connectivity index (χ4v) is 2.90. The number of carbonyl (C=O) groups excluding carboxylic acids is 1. The number of furan rings is 1. The third-order valence-electron chi connectivity index (χ3n) is 4.07. The highest BCUT2D eigenvalue weighted by atomic mass is 35.5. The molecule has 3 aromatic carbocycles. The van der Waals surface area contributed by atoms with E-state index in [0.29, 0.717) is 16.5 Å². The van der Waals surface area contributed by atoms with Gasteiger partial charge < -0.3 is 13.9 Å². The number of hydrogen-bond acceptors (Lipinski definition) is 4. The van der Waals surface area contributed by atoms with Gasteiger partial charge in [-0.3, -0.25) is 0 Å². The van der Waals surface area contributed by atoms with Crippen molar-refractivity contribution in [2.24, 2.45) is 0 Å². The van der Waals surface area contributed by atoms with Crippen molar-refractivity contribution in [3.05, 3.63) is 71.2 Å². The number of esters is 1. The highest BCUT2D eigenvalue weighted by Crippen LogP contribution is 2.31. The van der Waals surface area contributed by atoms with Crippen molar-refractivity contribution in [2.45, 2.75) is 6.92 Å². The van der Waals surface area contributed by atoms with Crippen LogP contribution < -0.4 is 9.47 Å². The average Bonchev–Trinajstić information content (AvgIpc) is 3.01. The zero-order valence-corrected chi connectivity index (χ0v) is 14.7. The predicted molar refractivity (Wildman–Crippen MR) is 101 cm³/mol. The number of benzene rings is 3. The third-order valence-corrected chi connectivity index (χ3v) is 4.49. The maximum absolute atomic E-state index is 12.1. The molecular formula is C21H15ClO4. The van der Waals surface area contributed by atoms with E-state index < -0.39 is 5.97 Å². The van der Waals surface area contributed by atoms with Crippen LogP contribution in [-0.2, 0) is 4.79 Å². The van der Waals surface area contributed by atoms with Gasteiger partial charge >= 0.3 is 5.97 Å². The van der Waals surface area contributed by atoms with Gasteiger partial charge in [-0.15, -0.1) is 0 Å². The Labute approximate surface area is 154 Å². The van der Waals surface area contributed by atoms with Gasteiger partial charge in [-0.1, -0.05) is 29.8 Å². The van der Waals surface area contributed by atoms with E-state index >= 15 is 0 Å². The highest BCUT2D eigenvalue weighted by molar-refractivity contribution is 6.31. The molecule has 0 amide bonds.